The van der Waals surface area contributed by atoms with Crippen molar-refractivity contribution in [2.75, 3.05) is 0 Å². The predicted molar refractivity (Wildman–Crippen MR) is 67.3 cm³/mol. The van der Waals surface area contributed by atoms with Crippen molar-refractivity contribution in [1.82, 2.24) is 4.90 Å². The van der Waals surface area contributed by atoms with Crippen LogP contribution in [0.15, 0.2) is 41.7 Å². The summed E-state index contributed by atoms with van der Waals surface area (Å²) >= 11 is 0. The minimum absolute atomic E-state index is 0.0243. The van der Waals surface area contributed by atoms with E-state index in [2.05, 4.69) is 69.3 Å². The Labute approximate surface area is 97.1 Å². The summed E-state index contributed by atoms with van der Waals surface area (Å²) in [6.45, 7) is 8.88. The normalized spacial score (nSPS) is 46.2. The molecule has 0 N–H and O–H groups in total. The van der Waals surface area contributed by atoms with E-state index in [0.717, 1.165) is 0 Å². The van der Waals surface area contributed by atoms with Crippen molar-refractivity contribution in [3.63, 3.8) is 0 Å². The molecule has 2 heteroatoms. The standard InChI is InChI=1S/C14H18N2/c1-12(2)6-5-11-14(4)13(3,15-11)8-10-16(14)9-7-12/h5-10H,1-4H3/b6-5-,9-7-. The minimum Gasteiger partial charge on any atom is -0.341 e. The van der Waals surface area contributed by atoms with E-state index in [1.54, 1.807) is 0 Å². The molecule has 2 unspecified atom stereocenters. The second-order valence-corrected chi connectivity index (χ2v) is 5.91. The predicted octanol–water partition coefficient (Wildman–Crippen LogP) is 2.90. The Morgan fingerprint density at radius 2 is 1.69 bits per heavy atom. The first-order chi connectivity index (χ1) is 7.37. The highest BCUT2D eigenvalue weighted by atomic mass is 15.3. The zero-order valence-corrected chi connectivity index (χ0v) is 10.4. The molecule has 0 amide bonds. The lowest BCUT2D eigenvalue weighted by atomic mass is 9.70. The Morgan fingerprint density at radius 3 is 2.44 bits per heavy atom. The first-order valence-corrected chi connectivity index (χ1v) is 5.84. The smallest absolute Gasteiger partial charge is 0.111 e. The zero-order chi connectivity index (χ0) is 11.6. The van der Waals surface area contributed by atoms with Crippen LogP contribution in [-0.2, 0) is 0 Å². The largest absolute Gasteiger partial charge is 0.341 e. The van der Waals surface area contributed by atoms with Gasteiger partial charge in [0.2, 0.25) is 0 Å². The molecule has 3 aliphatic heterocycles. The first kappa shape index (κ1) is 9.88. The molecule has 0 aliphatic carbocycles. The molecule has 0 fully saturated rings. The van der Waals surface area contributed by atoms with E-state index in [1.807, 2.05) is 0 Å². The van der Waals surface area contributed by atoms with E-state index in [1.165, 1.54) is 5.71 Å². The first-order valence-electron chi connectivity index (χ1n) is 5.84. The molecular formula is C14H18N2. The Morgan fingerprint density at radius 1 is 1.00 bits per heavy atom. The summed E-state index contributed by atoms with van der Waals surface area (Å²) < 4.78 is 0. The monoisotopic (exact) mass is 214 g/mol. The van der Waals surface area contributed by atoms with Gasteiger partial charge >= 0.3 is 0 Å². The van der Waals surface area contributed by atoms with Crippen molar-refractivity contribution in [3.05, 3.63) is 36.7 Å². The Hall–Kier alpha value is -1.31. The fourth-order valence-electron chi connectivity index (χ4n) is 2.66. The molecule has 84 valence electrons. The molecule has 2 atom stereocenters. The van der Waals surface area contributed by atoms with Gasteiger partial charge in [-0.2, -0.15) is 0 Å². The van der Waals surface area contributed by atoms with Crippen LogP contribution in [0.3, 0.4) is 0 Å². The van der Waals surface area contributed by atoms with E-state index in [-0.39, 0.29) is 16.5 Å². The molecule has 0 radical (unpaired) electrons. The third kappa shape index (κ3) is 0.952. The van der Waals surface area contributed by atoms with Gasteiger partial charge in [0.25, 0.3) is 0 Å². The van der Waals surface area contributed by atoms with Crippen molar-refractivity contribution in [3.8, 4) is 0 Å². The summed E-state index contributed by atoms with van der Waals surface area (Å²) in [7, 11) is 0. The van der Waals surface area contributed by atoms with Gasteiger partial charge in [0.05, 0.1) is 5.71 Å². The SMILES string of the molecule is CC1(C)/C=C\C2=NC3(C)C=CN(/C=C\1)C23C. The molecule has 3 heterocycles. The third-order valence-corrected chi connectivity index (χ3v) is 4.25. The van der Waals surface area contributed by atoms with Crippen LogP contribution in [0.2, 0.25) is 0 Å². The van der Waals surface area contributed by atoms with Crippen LogP contribution >= 0.6 is 0 Å². The van der Waals surface area contributed by atoms with Crippen molar-refractivity contribution in [1.29, 1.82) is 0 Å². The fourth-order valence-corrected chi connectivity index (χ4v) is 2.66. The topological polar surface area (TPSA) is 15.6 Å². The second-order valence-electron chi connectivity index (χ2n) is 5.91. The average molecular weight is 214 g/mol. The van der Waals surface area contributed by atoms with E-state index in [0.29, 0.717) is 0 Å². The van der Waals surface area contributed by atoms with Gasteiger partial charge < -0.3 is 4.90 Å². The maximum Gasteiger partial charge on any atom is 0.111 e. The van der Waals surface area contributed by atoms with Gasteiger partial charge in [-0.15, -0.1) is 0 Å². The molecule has 0 spiro atoms. The van der Waals surface area contributed by atoms with Gasteiger partial charge in [0, 0.05) is 17.8 Å². The second kappa shape index (κ2) is 2.50. The van der Waals surface area contributed by atoms with Crippen molar-refractivity contribution in [2.45, 2.75) is 38.8 Å². The summed E-state index contributed by atoms with van der Waals surface area (Å²) in [4.78, 5) is 7.03. The Balaban J connectivity index is 2.14. The highest BCUT2D eigenvalue weighted by Gasteiger charge is 2.59. The number of rotatable bonds is 0. The Bertz CT molecular complexity index is 467. The highest BCUT2D eigenvalue weighted by molar-refractivity contribution is 6.09. The quantitative estimate of drug-likeness (QED) is 0.605. The lowest BCUT2D eigenvalue weighted by Crippen LogP contribution is -2.65. The minimum atomic E-state index is -0.0432. The maximum absolute atomic E-state index is 4.74. The molecular weight excluding hydrogens is 196 g/mol. The lowest BCUT2D eigenvalue weighted by molar-refractivity contribution is 0.225. The summed E-state index contributed by atoms with van der Waals surface area (Å²) in [6.07, 6.45) is 13.2. The lowest BCUT2D eigenvalue weighted by Gasteiger charge is -2.51. The van der Waals surface area contributed by atoms with Crippen LogP contribution in [0.25, 0.3) is 0 Å². The van der Waals surface area contributed by atoms with E-state index < -0.39 is 0 Å². The van der Waals surface area contributed by atoms with Crippen molar-refractivity contribution >= 4 is 5.71 Å². The molecule has 0 aromatic carbocycles. The number of allylic oxidation sites excluding steroid dienone is 2. The molecule has 3 rings (SSSR count). The molecule has 3 aliphatic rings. The van der Waals surface area contributed by atoms with Crippen molar-refractivity contribution in [2.24, 2.45) is 10.4 Å². The summed E-state index contributed by atoms with van der Waals surface area (Å²) in [5.41, 5.74) is 1.28. The van der Waals surface area contributed by atoms with Gasteiger partial charge in [-0.05, 0) is 26.0 Å². The van der Waals surface area contributed by atoms with Gasteiger partial charge in [0.15, 0.2) is 0 Å². The molecule has 2 nitrogen and oxygen atoms in total. The number of aliphatic imine (C=N–C) groups is 1. The summed E-state index contributed by atoms with van der Waals surface area (Å²) in [5.74, 6) is 0. The van der Waals surface area contributed by atoms with Crippen molar-refractivity contribution < 1.29 is 0 Å². The van der Waals surface area contributed by atoms with E-state index in [9.17, 15) is 0 Å². The molecule has 0 bridgehead atoms. The molecule has 0 aromatic heterocycles. The van der Waals surface area contributed by atoms with Crippen LogP contribution in [0, 0.1) is 5.41 Å². The maximum atomic E-state index is 4.74. The third-order valence-electron chi connectivity index (χ3n) is 4.25. The average Bonchev–Trinajstić information content (AvgIpc) is 2.38. The molecule has 16 heavy (non-hydrogen) atoms. The van der Waals surface area contributed by atoms with Crippen LogP contribution in [0.5, 0.6) is 0 Å². The fraction of sp³-hybridized carbons (Fsp3) is 0.500. The van der Waals surface area contributed by atoms with Crippen LogP contribution in [0.1, 0.15) is 27.7 Å². The zero-order valence-electron chi connectivity index (χ0n) is 10.4. The van der Waals surface area contributed by atoms with Gasteiger partial charge in [-0.25, -0.2) is 0 Å². The van der Waals surface area contributed by atoms with Gasteiger partial charge in [-0.3, -0.25) is 4.99 Å². The Kier molecular flexibility index (Phi) is 1.54. The van der Waals surface area contributed by atoms with Crippen LogP contribution in [0.4, 0.5) is 0 Å². The van der Waals surface area contributed by atoms with Crippen LogP contribution < -0.4 is 0 Å². The summed E-state index contributed by atoms with van der Waals surface area (Å²) in [5, 5.41) is 0. The van der Waals surface area contributed by atoms with Gasteiger partial charge in [0.1, 0.15) is 11.1 Å². The number of hydrogen-bond donors (Lipinski definition) is 0. The molecule has 0 aromatic rings. The molecule has 0 saturated heterocycles. The highest BCUT2D eigenvalue weighted by Crippen LogP contribution is 2.48. The molecule has 0 saturated carbocycles. The van der Waals surface area contributed by atoms with Gasteiger partial charge in [-0.1, -0.05) is 26.0 Å². The number of hydrogen-bond acceptors (Lipinski definition) is 2. The van der Waals surface area contributed by atoms with Crippen LogP contribution in [-0.4, -0.2) is 21.7 Å². The summed E-state index contributed by atoms with van der Waals surface area (Å²) in [6, 6.07) is 0. The number of nitrogens with zero attached hydrogens (tertiary/aromatic N) is 2. The van der Waals surface area contributed by atoms with E-state index in [4.69, 9.17) is 4.99 Å². The van der Waals surface area contributed by atoms with E-state index >= 15 is 0 Å².